The molecular weight excluding hydrogens is 215 g/mol. The monoisotopic (exact) mass is 228 g/mol. The zero-order valence-corrected chi connectivity index (χ0v) is 9.64. The van der Waals surface area contributed by atoms with Gasteiger partial charge in [-0.2, -0.15) is 0 Å². The molecule has 0 amide bonds. The number of carbonyl (C=O) groups is 1. The molecule has 0 saturated heterocycles. The summed E-state index contributed by atoms with van der Waals surface area (Å²) in [6, 6.07) is 4.12. The van der Waals surface area contributed by atoms with E-state index in [0.29, 0.717) is 22.9 Å². The lowest BCUT2D eigenvalue weighted by molar-refractivity contribution is -0.119. The molecule has 0 aromatic heterocycles. The van der Waals surface area contributed by atoms with Crippen molar-refractivity contribution in [3.63, 3.8) is 0 Å². The molecule has 0 aliphatic heterocycles. The third-order valence-electron chi connectivity index (χ3n) is 2.04. The molecule has 0 heterocycles. The predicted octanol–water partition coefficient (Wildman–Crippen LogP) is 3.64. The van der Waals surface area contributed by atoms with Gasteiger partial charge in [-0.3, -0.25) is 4.79 Å². The van der Waals surface area contributed by atoms with E-state index in [2.05, 4.69) is 0 Å². The summed E-state index contributed by atoms with van der Waals surface area (Å²) >= 11 is 5.82. The molecule has 0 saturated carbocycles. The molecule has 0 radical (unpaired) electrons. The molecule has 3 heteroatoms. The first-order chi connectivity index (χ1) is 6.99. The number of Topliss-reactive ketones (excluding diaryl/α,β-unsaturated/α-hetero) is 1. The molecule has 1 aromatic rings. The fraction of sp³-hybridized carbons (Fsp3) is 0.417. The van der Waals surface area contributed by atoms with E-state index in [1.165, 1.54) is 12.1 Å². The first-order valence-electron chi connectivity index (χ1n) is 4.94. The van der Waals surface area contributed by atoms with Crippen LogP contribution in [0.3, 0.4) is 0 Å². The van der Waals surface area contributed by atoms with Crippen LogP contribution in [-0.4, -0.2) is 5.78 Å². The molecule has 0 aliphatic carbocycles. The van der Waals surface area contributed by atoms with Crippen LogP contribution in [0.15, 0.2) is 18.2 Å². The van der Waals surface area contributed by atoms with Gasteiger partial charge in [0, 0.05) is 17.9 Å². The van der Waals surface area contributed by atoms with Crippen molar-refractivity contribution in [3.8, 4) is 0 Å². The number of hydrogen-bond donors (Lipinski definition) is 0. The van der Waals surface area contributed by atoms with Crippen molar-refractivity contribution in [2.24, 2.45) is 5.92 Å². The Morgan fingerprint density at radius 1 is 1.47 bits per heavy atom. The standard InChI is InChI=1S/C12H14ClFO/c1-8(2)5-11(15)6-9-3-4-10(14)7-12(9)13/h3-4,7-8H,5-6H2,1-2H3. The van der Waals surface area contributed by atoms with Crippen molar-refractivity contribution < 1.29 is 9.18 Å². The van der Waals surface area contributed by atoms with Crippen molar-refractivity contribution in [1.82, 2.24) is 0 Å². The van der Waals surface area contributed by atoms with Crippen LogP contribution < -0.4 is 0 Å². The van der Waals surface area contributed by atoms with Crippen LogP contribution in [0.5, 0.6) is 0 Å². The van der Waals surface area contributed by atoms with Gasteiger partial charge >= 0.3 is 0 Å². The van der Waals surface area contributed by atoms with E-state index in [1.807, 2.05) is 13.8 Å². The maximum Gasteiger partial charge on any atom is 0.137 e. The Balaban J connectivity index is 2.68. The summed E-state index contributed by atoms with van der Waals surface area (Å²) in [6.45, 7) is 3.98. The van der Waals surface area contributed by atoms with Crippen molar-refractivity contribution >= 4 is 17.4 Å². The zero-order chi connectivity index (χ0) is 11.4. The van der Waals surface area contributed by atoms with E-state index in [0.717, 1.165) is 0 Å². The molecule has 0 N–H and O–H groups in total. The fourth-order valence-electron chi connectivity index (χ4n) is 1.40. The predicted molar refractivity (Wildman–Crippen MR) is 59.6 cm³/mol. The van der Waals surface area contributed by atoms with Crippen LogP contribution in [0.1, 0.15) is 25.8 Å². The van der Waals surface area contributed by atoms with Crippen molar-refractivity contribution in [3.05, 3.63) is 34.6 Å². The van der Waals surface area contributed by atoms with Crippen LogP contribution in [0.4, 0.5) is 4.39 Å². The van der Waals surface area contributed by atoms with E-state index >= 15 is 0 Å². The molecule has 0 fully saturated rings. The van der Waals surface area contributed by atoms with Gasteiger partial charge in [0.25, 0.3) is 0 Å². The maximum atomic E-state index is 12.7. The molecule has 0 spiro atoms. The average molecular weight is 229 g/mol. The summed E-state index contributed by atoms with van der Waals surface area (Å²) < 4.78 is 12.7. The summed E-state index contributed by atoms with van der Waals surface area (Å²) in [7, 11) is 0. The quantitative estimate of drug-likeness (QED) is 0.769. The molecule has 1 aromatic carbocycles. The van der Waals surface area contributed by atoms with Crippen molar-refractivity contribution in [1.29, 1.82) is 0 Å². The van der Waals surface area contributed by atoms with Gasteiger partial charge in [0.05, 0.1) is 0 Å². The van der Waals surface area contributed by atoms with Crippen LogP contribution in [0.2, 0.25) is 5.02 Å². The summed E-state index contributed by atoms with van der Waals surface area (Å²) in [4.78, 5) is 11.5. The third kappa shape index (κ3) is 4.00. The molecule has 0 bridgehead atoms. The SMILES string of the molecule is CC(C)CC(=O)Cc1ccc(F)cc1Cl. The first kappa shape index (κ1) is 12.2. The molecule has 15 heavy (non-hydrogen) atoms. The smallest absolute Gasteiger partial charge is 0.137 e. The highest BCUT2D eigenvalue weighted by molar-refractivity contribution is 6.31. The van der Waals surface area contributed by atoms with Gasteiger partial charge in [-0.05, 0) is 23.6 Å². The summed E-state index contributed by atoms with van der Waals surface area (Å²) in [5.74, 6) is 0.107. The number of carbonyl (C=O) groups excluding carboxylic acids is 1. The van der Waals surface area contributed by atoms with E-state index in [-0.39, 0.29) is 18.0 Å². The lowest BCUT2D eigenvalue weighted by atomic mass is 10.0. The number of ketones is 1. The highest BCUT2D eigenvalue weighted by atomic mass is 35.5. The number of hydrogen-bond acceptors (Lipinski definition) is 1. The molecule has 0 aliphatic rings. The second kappa shape index (κ2) is 5.26. The van der Waals surface area contributed by atoms with E-state index < -0.39 is 0 Å². The van der Waals surface area contributed by atoms with Crippen LogP contribution in [-0.2, 0) is 11.2 Å². The van der Waals surface area contributed by atoms with Gasteiger partial charge in [0.2, 0.25) is 0 Å². The minimum Gasteiger partial charge on any atom is -0.299 e. The van der Waals surface area contributed by atoms with Gasteiger partial charge in [-0.25, -0.2) is 4.39 Å². The van der Waals surface area contributed by atoms with Crippen molar-refractivity contribution in [2.75, 3.05) is 0 Å². The van der Waals surface area contributed by atoms with E-state index in [9.17, 15) is 9.18 Å². The molecule has 82 valence electrons. The number of rotatable bonds is 4. The highest BCUT2D eigenvalue weighted by Crippen LogP contribution is 2.18. The fourth-order valence-corrected chi connectivity index (χ4v) is 1.64. The Morgan fingerprint density at radius 2 is 2.13 bits per heavy atom. The average Bonchev–Trinajstić information content (AvgIpc) is 2.08. The second-order valence-electron chi connectivity index (χ2n) is 4.05. The normalized spacial score (nSPS) is 10.7. The minimum atomic E-state index is -0.375. The summed E-state index contributed by atoms with van der Waals surface area (Å²) in [5.41, 5.74) is 0.698. The Hall–Kier alpha value is -0.890. The van der Waals surface area contributed by atoms with Gasteiger partial charge in [-0.1, -0.05) is 31.5 Å². The van der Waals surface area contributed by atoms with Crippen molar-refractivity contribution in [2.45, 2.75) is 26.7 Å². The lowest BCUT2D eigenvalue weighted by Gasteiger charge is -2.05. The maximum absolute atomic E-state index is 12.7. The Kier molecular flexibility index (Phi) is 4.28. The highest BCUT2D eigenvalue weighted by Gasteiger charge is 2.09. The van der Waals surface area contributed by atoms with Gasteiger partial charge in [0.1, 0.15) is 11.6 Å². The summed E-state index contributed by atoms with van der Waals surface area (Å²) in [5, 5.41) is 0.326. The van der Waals surface area contributed by atoms with Crippen LogP contribution in [0.25, 0.3) is 0 Å². The van der Waals surface area contributed by atoms with Gasteiger partial charge in [-0.15, -0.1) is 0 Å². The Morgan fingerprint density at radius 3 is 2.67 bits per heavy atom. The van der Waals surface area contributed by atoms with Gasteiger partial charge in [0.15, 0.2) is 0 Å². The van der Waals surface area contributed by atoms with Crippen LogP contribution >= 0.6 is 11.6 Å². The summed E-state index contributed by atoms with van der Waals surface area (Å²) in [6.07, 6.45) is 0.824. The zero-order valence-electron chi connectivity index (χ0n) is 8.89. The Labute approximate surface area is 94.3 Å². The van der Waals surface area contributed by atoms with E-state index in [1.54, 1.807) is 6.07 Å². The van der Waals surface area contributed by atoms with Gasteiger partial charge < -0.3 is 0 Å². The topological polar surface area (TPSA) is 17.1 Å². The molecule has 1 rings (SSSR count). The molecular formula is C12H14ClFO. The van der Waals surface area contributed by atoms with E-state index in [4.69, 9.17) is 11.6 Å². The molecule has 0 unspecified atom stereocenters. The first-order valence-corrected chi connectivity index (χ1v) is 5.32. The molecule has 1 nitrogen and oxygen atoms in total. The number of halogens is 2. The minimum absolute atomic E-state index is 0.138. The number of benzene rings is 1. The van der Waals surface area contributed by atoms with Crippen LogP contribution in [0, 0.1) is 11.7 Å². The Bertz CT molecular complexity index is 361. The lowest BCUT2D eigenvalue weighted by Crippen LogP contribution is -2.06. The molecule has 0 atom stereocenters. The second-order valence-corrected chi connectivity index (χ2v) is 4.46. The largest absolute Gasteiger partial charge is 0.299 e. The third-order valence-corrected chi connectivity index (χ3v) is 2.39.